The summed E-state index contributed by atoms with van der Waals surface area (Å²) >= 11 is 0. The highest BCUT2D eigenvalue weighted by atomic mass is 16.7. The highest BCUT2D eigenvalue weighted by Crippen LogP contribution is 2.55. The topological polar surface area (TPSA) is 164 Å². The Labute approximate surface area is 266 Å². The zero-order valence-electron chi connectivity index (χ0n) is 27.7. The first-order valence-electron chi connectivity index (χ1n) is 16.1. The van der Waals surface area contributed by atoms with E-state index in [1.807, 2.05) is 20.8 Å². The Morgan fingerprint density at radius 3 is 2.47 bits per heavy atom. The third-order valence-corrected chi connectivity index (χ3v) is 10.6. The van der Waals surface area contributed by atoms with Gasteiger partial charge in [-0.05, 0) is 57.4 Å². The van der Waals surface area contributed by atoms with Gasteiger partial charge in [0.05, 0.1) is 31.0 Å². The fraction of sp³-hybridized carbons (Fsp3) is 0.794. The molecule has 5 N–H and O–H groups in total. The molecule has 0 radical (unpaired) electrons. The molecule has 0 aromatic heterocycles. The predicted molar refractivity (Wildman–Crippen MR) is 165 cm³/mol. The van der Waals surface area contributed by atoms with Gasteiger partial charge in [0.15, 0.2) is 12.4 Å². The van der Waals surface area contributed by atoms with Crippen LogP contribution in [0, 0.1) is 29.1 Å². The number of hydrogen-bond acceptors (Lipinski definition) is 11. The summed E-state index contributed by atoms with van der Waals surface area (Å²) in [5, 5.41) is 56.4. The summed E-state index contributed by atoms with van der Waals surface area (Å²) in [6, 6.07) is 0. The number of hydrogen-bond donors (Lipinski definition) is 5. The normalized spacial score (nSPS) is 42.2. The Morgan fingerprint density at radius 2 is 1.87 bits per heavy atom. The second-order valence-electron chi connectivity index (χ2n) is 14.1. The van der Waals surface area contributed by atoms with E-state index in [0.29, 0.717) is 12.2 Å². The highest BCUT2D eigenvalue weighted by molar-refractivity contribution is 5.66. The van der Waals surface area contributed by atoms with Crippen molar-refractivity contribution >= 4 is 5.97 Å². The summed E-state index contributed by atoms with van der Waals surface area (Å²) in [7, 11) is 1.67. The van der Waals surface area contributed by atoms with E-state index in [1.54, 1.807) is 27.0 Å². The van der Waals surface area contributed by atoms with Crippen LogP contribution < -0.4 is 0 Å². The minimum absolute atomic E-state index is 0.00885. The van der Waals surface area contributed by atoms with Crippen LogP contribution in [0.5, 0.6) is 0 Å². The molecule has 13 atom stereocenters. The maximum absolute atomic E-state index is 12.1. The van der Waals surface area contributed by atoms with E-state index < -0.39 is 66.0 Å². The van der Waals surface area contributed by atoms with Crippen molar-refractivity contribution in [2.45, 2.75) is 115 Å². The van der Waals surface area contributed by atoms with E-state index in [4.69, 9.17) is 23.7 Å². The number of rotatable bonds is 11. The Kier molecular flexibility index (Phi) is 11.4. The molecule has 256 valence electrons. The first-order chi connectivity index (χ1) is 21.1. The van der Waals surface area contributed by atoms with Crippen LogP contribution in [0.4, 0.5) is 0 Å². The van der Waals surface area contributed by atoms with E-state index in [-0.39, 0.29) is 43.3 Å². The van der Waals surface area contributed by atoms with Gasteiger partial charge in [-0.3, -0.25) is 4.79 Å². The predicted octanol–water partition coefficient (Wildman–Crippen LogP) is 2.04. The van der Waals surface area contributed by atoms with Gasteiger partial charge in [0.1, 0.15) is 24.4 Å². The SMILES string of the molecule is C=CC(C)(C)OCC1OC(O[C@@H]2C3=C([C@H](C)CO)C[C@H](O)[C@]3(C)/C=C3/[C@@H](COC)CC[C@H]3[C@@H](C)[C@H]2O)C(O)C(O)C1OC(C)=O. The Bertz CT molecular complexity index is 1130. The number of carbonyl (C=O) groups is 1. The molecule has 11 heteroatoms. The third kappa shape index (κ3) is 7.12. The van der Waals surface area contributed by atoms with Gasteiger partial charge >= 0.3 is 5.97 Å². The zero-order valence-corrected chi connectivity index (χ0v) is 27.7. The molecule has 2 fully saturated rings. The standard InChI is InChI=1S/C34H54O11/c1-9-33(5,6)42-16-24-30(43-19(4)36)28(39)29(40)32(44-24)45-31-26-22(17(2)14-35)12-25(37)34(26,7)13-23-20(15-41-8)10-11-21(23)18(3)27(31)38/h9,13,17-18,20-21,24-25,27-32,35,37-40H,1,10-12,14-16H2,2-8H3/b23-13-/t17-,18-,20-,21+,24?,25+,27-,28?,29?,30?,31-,32?,34+/m1/s1. The molecule has 11 nitrogen and oxygen atoms in total. The lowest BCUT2D eigenvalue weighted by atomic mass is 9.68. The van der Waals surface area contributed by atoms with E-state index >= 15 is 0 Å². The van der Waals surface area contributed by atoms with Gasteiger partial charge < -0.3 is 49.2 Å². The minimum atomic E-state index is -1.65. The number of methoxy groups -OCH3 is 1. The summed E-state index contributed by atoms with van der Waals surface area (Å²) in [6.45, 7) is 14.6. The van der Waals surface area contributed by atoms with Crippen LogP contribution in [0.25, 0.3) is 0 Å². The lowest BCUT2D eigenvalue weighted by Crippen LogP contribution is -2.62. The second-order valence-corrected chi connectivity index (χ2v) is 14.1. The van der Waals surface area contributed by atoms with Crippen LogP contribution in [0.3, 0.4) is 0 Å². The molecule has 5 unspecified atom stereocenters. The summed E-state index contributed by atoms with van der Waals surface area (Å²) in [4.78, 5) is 11.9. The minimum Gasteiger partial charge on any atom is -0.457 e. The average molecular weight is 639 g/mol. The fourth-order valence-corrected chi connectivity index (χ4v) is 7.65. The van der Waals surface area contributed by atoms with Crippen molar-refractivity contribution in [2.24, 2.45) is 29.1 Å². The van der Waals surface area contributed by atoms with E-state index in [0.717, 1.165) is 24.0 Å². The molecule has 1 aliphatic heterocycles. The van der Waals surface area contributed by atoms with Gasteiger partial charge in [0, 0.05) is 37.9 Å². The number of aliphatic hydroxyl groups excluding tert-OH is 5. The smallest absolute Gasteiger partial charge is 0.303 e. The van der Waals surface area contributed by atoms with Crippen molar-refractivity contribution in [1.29, 1.82) is 0 Å². The molecular weight excluding hydrogens is 584 g/mol. The van der Waals surface area contributed by atoms with E-state index in [9.17, 15) is 30.3 Å². The lowest BCUT2D eigenvalue weighted by Gasteiger charge is -2.47. The second kappa shape index (κ2) is 14.2. The first kappa shape index (κ1) is 36.2. The van der Waals surface area contributed by atoms with Crippen molar-refractivity contribution in [3.63, 3.8) is 0 Å². The van der Waals surface area contributed by atoms with Crippen LogP contribution in [-0.4, -0.2) is 113 Å². The van der Waals surface area contributed by atoms with Gasteiger partial charge in [-0.1, -0.05) is 37.1 Å². The number of fused-ring (bicyclic) bond motifs is 2. The molecule has 4 rings (SSSR count). The molecular formula is C34H54O11. The summed E-state index contributed by atoms with van der Waals surface area (Å²) in [5.74, 6) is -1.13. The maximum atomic E-state index is 12.1. The van der Waals surface area contributed by atoms with Crippen molar-refractivity contribution in [2.75, 3.05) is 26.9 Å². The number of esters is 1. The fourth-order valence-electron chi connectivity index (χ4n) is 7.65. The Balaban J connectivity index is 1.78. The Hall–Kier alpha value is -1.67. The molecule has 3 aliphatic carbocycles. The molecule has 0 spiro atoms. The van der Waals surface area contributed by atoms with Crippen molar-refractivity contribution in [3.8, 4) is 0 Å². The molecule has 4 aliphatic rings. The van der Waals surface area contributed by atoms with Crippen molar-refractivity contribution in [1.82, 2.24) is 0 Å². The molecule has 1 saturated heterocycles. The third-order valence-electron chi connectivity index (χ3n) is 10.6. The first-order valence-corrected chi connectivity index (χ1v) is 16.1. The largest absolute Gasteiger partial charge is 0.457 e. The van der Waals surface area contributed by atoms with Gasteiger partial charge in [-0.25, -0.2) is 0 Å². The van der Waals surface area contributed by atoms with Gasteiger partial charge in [-0.2, -0.15) is 0 Å². The van der Waals surface area contributed by atoms with Gasteiger partial charge in [0.25, 0.3) is 0 Å². The van der Waals surface area contributed by atoms with Gasteiger partial charge in [0.2, 0.25) is 0 Å². The zero-order chi connectivity index (χ0) is 33.4. The lowest BCUT2D eigenvalue weighted by molar-refractivity contribution is -0.320. The van der Waals surface area contributed by atoms with Crippen molar-refractivity contribution < 1.29 is 54.0 Å². The maximum Gasteiger partial charge on any atom is 0.303 e. The van der Waals surface area contributed by atoms with Crippen LogP contribution in [0.1, 0.15) is 60.8 Å². The van der Waals surface area contributed by atoms with Crippen LogP contribution in [-0.2, 0) is 28.5 Å². The van der Waals surface area contributed by atoms with Gasteiger partial charge in [-0.15, -0.1) is 6.58 Å². The van der Waals surface area contributed by atoms with Crippen LogP contribution in [0.2, 0.25) is 0 Å². The number of ether oxygens (including phenoxy) is 5. The molecule has 0 amide bonds. The quantitative estimate of drug-likeness (QED) is 0.166. The van der Waals surface area contributed by atoms with E-state index in [2.05, 4.69) is 12.7 Å². The molecule has 1 saturated carbocycles. The monoisotopic (exact) mass is 638 g/mol. The highest BCUT2D eigenvalue weighted by Gasteiger charge is 2.55. The number of carbonyl (C=O) groups excluding carboxylic acids is 1. The van der Waals surface area contributed by atoms with Crippen LogP contribution in [0.15, 0.2) is 35.5 Å². The molecule has 0 aromatic carbocycles. The average Bonchev–Trinajstić information content (AvgIpc) is 3.49. The molecule has 45 heavy (non-hydrogen) atoms. The Morgan fingerprint density at radius 1 is 1.18 bits per heavy atom. The van der Waals surface area contributed by atoms with Crippen LogP contribution >= 0.6 is 0 Å². The molecule has 1 heterocycles. The molecule has 0 bridgehead atoms. The van der Waals surface area contributed by atoms with E-state index in [1.165, 1.54) is 6.92 Å². The summed E-state index contributed by atoms with van der Waals surface area (Å²) in [5.41, 5.74) is 0.841. The summed E-state index contributed by atoms with van der Waals surface area (Å²) < 4.78 is 29.6. The van der Waals surface area contributed by atoms with Crippen molar-refractivity contribution in [3.05, 3.63) is 35.5 Å². The number of aliphatic hydroxyl groups is 5. The summed E-state index contributed by atoms with van der Waals surface area (Å²) in [6.07, 6.45) is -4.23. The molecule has 0 aromatic rings.